The fourth-order valence-electron chi connectivity index (χ4n) is 4.54. The molecule has 0 atom stereocenters. The van der Waals surface area contributed by atoms with Crippen molar-refractivity contribution in [1.29, 1.82) is 0 Å². The second kappa shape index (κ2) is 7.06. The Morgan fingerprint density at radius 2 is 1.83 bits per heavy atom. The number of fused-ring (bicyclic) bond motifs is 4. The smallest absolute Gasteiger partial charge is 0.336 e. The zero-order valence-corrected chi connectivity index (χ0v) is 16.6. The van der Waals surface area contributed by atoms with Crippen molar-refractivity contribution in [3.05, 3.63) is 88.7 Å². The van der Waals surface area contributed by atoms with Crippen LogP contribution in [-0.4, -0.2) is 16.1 Å². The average molecular weight is 397 g/mol. The van der Waals surface area contributed by atoms with Crippen LogP contribution in [0, 0.1) is 12.7 Å². The van der Waals surface area contributed by atoms with Crippen LogP contribution in [-0.2, 0) is 12.8 Å². The minimum atomic E-state index is -1.04. The topological polar surface area (TPSA) is 50.2 Å². The van der Waals surface area contributed by atoms with E-state index in [1.807, 2.05) is 12.1 Å². The predicted octanol–water partition coefficient (Wildman–Crippen LogP) is 6.20. The molecule has 5 rings (SSSR count). The predicted molar refractivity (Wildman–Crippen MR) is 116 cm³/mol. The highest BCUT2D eigenvalue weighted by atomic mass is 19.1. The van der Waals surface area contributed by atoms with E-state index < -0.39 is 11.8 Å². The number of pyridine rings is 1. The highest BCUT2D eigenvalue weighted by molar-refractivity contribution is 6.06. The second-order valence-electron chi connectivity index (χ2n) is 7.82. The monoisotopic (exact) mass is 397 g/mol. The molecule has 3 aromatic carbocycles. The largest absolute Gasteiger partial charge is 0.478 e. The molecule has 1 aromatic heterocycles. The third-order valence-corrected chi connectivity index (χ3v) is 5.95. The number of benzene rings is 3. The summed E-state index contributed by atoms with van der Waals surface area (Å²) in [5.41, 5.74) is 7.76. The highest BCUT2D eigenvalue weighted by Gasteiger charge is 2.25. The van der Waals surface area contributed by atoms with E-state index in [0.717, 1.165) is 24.0 Å². The Bertz CT molecular complexity index is 1330. The van der Waals surface area contributed by atoms with Crippen LogP contribution in [0.25, 0.3) is 33.3 Å². The molecule has 4 heteroatoms. The number of nitrogens with zero attached hydrogens (tertiary/aromatic N) is 1. The van der Waals surface area contributed by atoms with Crippen LogP contribution in [0.15, 0.2) is 60.7 Å². The van der Waals surface area contributed by atoms with Gasteiger partial charge in [-0.15, -0.1) is 0 Å². The zero-order valence-electron chi connectivity index (χ0n) is 16.6. The summed E-state index contributed by atoms with van der Waals surface area (Å²) in [6, 6.07) is 18.8. The number of carboxylic acids is 1. The summed E-state index contributed by atoms with van der Waals surface area (Å²) in [6.45, 7) is 2.10. The SMILES string of the molecule is Cc1ccccc1-c1ccc2c(c1)CCCc1c-2nc2ccc(F)cc2c1C(=O)O. The molecule has 0 bridgehead atoms. The number of rotatable bonds is 2. The Balaban J connectivity index is 1.76. The summed E-state index contributed by atoms with van der Waals surface area (Å²) in [5.74, 6) is -1.49. The van der Waals surface area contributed by atoms with Crippen LogP contribution in [0.4, 0.5) is 4.39 Å². The van der Waals surface area contributed by atoms with Crippen molar-refractivity contribution in [1.82, 2.24) is 4.98 Å². The maximum absolute atomic E-state index is 13.8. The van der Waals surface area contributed by atoms with Gasteiger partial charge in [0.1, 0.15) is 5.82 Å². The van der Waals surface area contributed by atoms with Crippen molar-refractivity contribution in [2.24, 2.45) is 0 Å². The highest BCUT2D eigenvalue weighted by Crippen LogP contribution is 2.38. The molecule has 0 aliphatic heterocycles. The molecular formula is C26H20FNO2. The van der Waals surface area contributed by atoms with E-state index in [1.54, 1.807) is 6.07 Å². The van der Waals surface area contributed by atoms with Gasteiger partial charge in [-0.1, -0.05) is 42.5 Å². The third kappa shape index (κ3) is 2.96. The fourth-order valence-corrected chi connectivity index (χ4v) is 4.54. The third-order valence-electron chi connectivity index (χ3n) is 5.95. The number of hydrogen-bond acceptors (Lipinski definition) is 2. The van der Waals surface area contributed by atoms with Gasteiger partial charge >= 0.3 is 5.97 Å². The molecule has 1 aliphatic rings. The van der Waals surface area contributed by atoms with Crippen molar-refractivity contribution in [3.8, 4) is 22.4 Å². The molecule has 30 heavy (non-hydrogen) atoms. The summed E-state index contributed by atoms with van der Waals surface area (Å²) >= 11 is 0. The molecule has 3 nitrogen and oxygen atoms in total. The minimum absolute atomic E-state index is 0.172. The van der Waals surface area contributed by atoms with Gasteiger partial charge in [-0.25, -0.2) is 14.2 Å². The molecule has 1 N–H and O–H groups in total. The average Bonchev–Trinajstić information content (AvgIpc) is 2.90. The molecule has 4 aromatic rings. The number of carboxylic acid groups (broad SMARTS) is 1. The molecule has 0 spiro atoms. The zero-order chi connectivity index (χ0) is 20.8. The van der Waals surface area contributed by atoms with Gasteiger partial charge < -0.3 is 5.11 Å². The molecular weight excluding hydrogens is 377 g/mol. The summed E-state index contributed by atoms with van der Waals surface area (Å²) in [7, 11) is 0. The summed E-state index contributed by atoms with van der Waals surface area (Å²) in [5, 5.41) is 10.3. The van der Waals surface area contributed by atoms with E-state index >= 15 is 0 Å². The first kappa shape index (κ1) is 18.5. The Morgan fingerprint density at radius 3 is 2.63 bits per heavy atom. The van der Waals surface area contributed by atoms with Crippen molar-refractivity contribution < 1.29 is 14.3 Å². The Hall–Kier alpha value is -3.53. The first-order valence-corrected chi connectivity index (χ1v) is 10.1. The lowest BCUT2D eigenvalue weighted by atomic mass is 9.92. The number of halogens is 1. The number of aromatic nitrogens is 1. The van der Waals surface area contributed by atoms with Crippen LogP contribution in [0.2, 0.25) is 0 Å². The molecule has 0 radical (unpaired) electrons. The second-order valence-corrected chi connectivity index (χ2v) is 7.82. The van der Waals surface area contributed by atoms with Crippen molar-refractivity contribution in [3.63, 3.8) is 0 Å². The van der Waals surface area contributed by atoms with E-state index in [0.29, 0.717) is 28.6 Å². The van der Waals surface area contributed by atoms with Crippen LogP contribution in [0.5, 0.6) is 0 Å². The number of aromatic carboxylic acids is 1. The molecule has 0 unspecified atom stereocenters. The van der Waals surface area contributed by atoms with E-state index in [9.17, 15) is 14.3 Å². The molecule has 1 aliphatic carbocycles. The van der Waals surface area contributed by atoms with Gasteiger partial charge in [0.25, 0.3) is 0 Å². The number of carbonyl (C=O) groups is 1. The minimum Gasteiger partial charge on any atom is -0.478 e. The maximum Gasteiger partial charge on any atom is 0.336 e. The van der Waals surface area contributed by atoms with E-state index in [1.165, 1.54) is 28.8 Å². The van der Waals surface area contributed by atoms with Gasteiger partial charge in [-0.05, 0) is 72.2 Å². The Labute approximate surface area is 173 Å². The van der Waals surface area contributed by atoms with Crippen LogP contribution in [0.3, 0.4) is 0 Å². The molecule has 0 amide bonds. The lowest BCUT2D eigenvalue weighted by Crippen LogP contribution is -2.07. The van der Waals surface area contributed by atoms with Crippen molar-refractivity contribution >= 4 is 16.9 Å². The van der Waals surface area contributed by atoms with Crippen LogP contribution < -0.4 is 0 Å². The van der Waals surface area contributed by atoms with E-state index in [2.05, 4.69) is 37.3 Å². The molecule has 0 saturated carbocycles. The lowest BCUT2D eigenvalue weighted by Gasteiger charge is -2.15. The summed E-state index contributed by atoms with van der Waals surface area (Å²) in [4.78, 5) is 16.9. The molecule has 1 heterocycles. The fraction of sp³-hybridized carbons (Fsp3) is 0.154. The molecule has 0 fully saturated rings. The summed E-state index contributed by atoms with van der Waals surface area (Å²) < 4.78 is 13.8. The van der Waals surface area contributed by atoms with Gasteiger partial charge in [-0.2, -0.15) is 0 Å². The van der Waals surface area contributed by atoms with Crippen LogP contribution >= 0.6 is 0 Å². The lowest BCUT2D eigenvalue weighted by molar-refractivity contribution is 0.0698. The quantitative estimate of drug-likeness (QED) is 0.438. The summed E-state index contributed by atoms with van der Waals surface area (Å²) in [6.07, 6.45) is 2.26. The van der Waals surface area contributed by atoms with Crippen molar-refractivity contribution in [2.75, 3.05) is 0 Å². The first-order chi connectivity index (χ1) is 14.5. The van der Waals surface area contributed by atoms with Gasteiger partial charge in [0.2, 0.25) is 0 Å². The van der Waals surface area contributed by atoms with Gasteiger partial charge in [0.15, 0.2) is 0 Å². The van der Waals surface area contributed by atoms with E-state index in [-0.39, 0.29) is 5.56 Å². The normalized spacial score (nSPS) is 12.9. The maximum atomic E-state index is 13.8. The van der Waals surface area contributed by atoms with Gasteiger partial charge in [0.05, 0.1) is 16.8 Å². The molecule has 0 saturated heterocycles. The van der Waals surface area contributed by atoms with Gasteiger partial charge in [0, 0.05) is 10.9 Å². The van der Waals surface area contributed by atoms with Crippen molar-refractivity contribution in [2.45, 2.75) is 26.2 Å². The molecule has 148 valence electrons. The first-order valence-electron chi connectivity index (χ1n) is 10.1. The number of hydrogen-bond donors (Lipinski definition) is 1. The van der Waals surface area contributed by atoms with Gasteiger partial charge in [-0.3, -0.25) is 0 Å². The van der Waals surface area contributed by atoms with Crippen LogP contribution in [0.1, 0.15) is 33.5 Å². The Morgan fingerprint density at radius 1 is 1.00 bits per heavy atom. The number of aryl methyl sites for hydroxylation is 2. The standard InChI is InChI=1S/C26H20FNO2/c1-15-5-2-3-7-19(15)17-9-11-20-16(13-17)6-4-8-21-24(26(29)30)22-14-18(27)10-12-23(22)28-25(20)21/h2-3,5,7,9-14H,4,6,8H2,1H3,(H,29,30). The Kier molecular flexibility index (Phi) is 4.35. The van der Waals surface area contributed by atoms with E-state index in [4.69, 9.17) is 4.98 Å².